The van der Waals surface area contributed by atoms with E-state index in [9.17, 15) is 9.59 Å². The van der Waals surface area contributed by atoms with Gasteiger partial charge in [0.2, 0.25) is 0 Å². The summed E-state index contributed by atoms with van der Waals surface area (Å²) < 4.78 is 5.80. The Morgan fingerprint density at radius 1 is 0.938 bits per heavy atom. The van der Waals surface area contributed by atoms with Gasteiger partial charge in [0.1, 0.15) is 5.75 Å². The molecule has 0 aliphatic carbocycles. The number of carbonyl (C=O) groups excluding carboxylic acids is 2. The minimum absolute atomic E-state index is 0.0215. The van der Waals surface area contributed by atoms with Gasteiger partial charge in [-0.25, -0.2) is 0 Å². The van der Waals surface area contributed by atoms with Crippen LogP contribution in [0.1, 0.15) is 55.6 Å². The molecule has 32 heavy (non-hydrogen) atoms. The van der Waals surface area contributed by atoms with E-state index in [1.165, 1.54) is 5.56 Å². The number of hydrogen-bond acceptors (Lipinski definition) is 3. The predicted molar refractivity (Wildman–Crippen MR) is 130 cm³/mol. The number of benzene rings is 3. The first kappa shape index (κ1) is 23.6. The summed E-state index contributed by atoms with van der Waals surface area (Å²) in [7, 11) is 0. The minimum atomic E-state index is -0.709. The topological polar surface area (TPSA) is 55.4 Å². The van der Waals surface area contributed by atoms with E-state index in [1.807, 2.05) is 31.2 Å². The molecule has 166 valence electrons. The van der Waals surface area contributed by atoms with E-state index in [2.05, 4.69) is 26.1 Å². The Morgan fingerprint density at radius 3 is 2.25 bits per heavy atom. The minimum Gasteiger partial charge on any atom is -0.479 e. The van der Waals surface area contributed by atoms with E-state index in [4.69, 9.17) is 16.3 Å². The van der Waals surface area contributed by atoms with Crippen molar-refractivity contribution in [1.29, 1.82) is 0 Å². The lowest BCUT2D eigenvalue weighted by Gasteiger charge is -2.19. The monoisotopic (exact) mass is 449 g/mol. The van der Waals surface area contributed by atoms with E-state index in [0.717, 1.165) is 0 Å². The van der Waals surface area contributed by atoms with Gasteiger partial charge in [0.25, 0.3) is 5.91 Å². The highest BCUT2D eigenvalue weighted by molar-refractivity contribution is 6.32. The Bertz CT molecular complexity index is 1100. The lowest BCUT2D eigenvalue weighted by atomic mass is 9.86. The Morgan fingerprint density at radius 2 is 1.62 bits per heavy atom. The molecule has 4 nitrogen and oxygen atoms in total. The van der Waals surface area contributed by atoms with Gasteiger partial charge in [-0.05, 0) is 41.7 Å². The second-order valence-corrected chi connectivity index (χ2v) is 9.08. The summed E-state index contributed by atoms with van der Waals surface area (Å²) in [5, 5.41) is 3.30. The van der Waals surface area contributed by atoms with Crippen molar-refractivity contribution in [2.75, 3.05) is 5.32 Å². The molecule has 0 heterocycles. The zero-order valence-corrected chi connectivity index (χ0v) is 19.6. The number of halogens is 1. The van der Waals surface area contributed by atoms with Crippen LogP contribution in [-0.2, 0) is 10.2 Å². The van der Waals surface area contributed by atoms with E-state index in [0.29, 0.717) is 34.0 Å². The molecule has 0 radical (unpaired) electrons. The van der Waals surface area contributed by atoms with Crippen LogP contribution in [0.3, 0.4) is 0 Å². The average molecular weight is 450 g/mol. The smallest absolute Gasteiger partial charge is 0.265 e. The molecule has 0 unspecified atom stereocenters. The summed E-state index contributed by atoms with van der Waals surface area (Å²) in [6.07, 6.45) is -0.241. The first-order valence-electron chi connectivity index (χ1n) is 10.7. The van der Waals surface area contributed by atoms with Crippen LogP contribution in [0.15, 0.2) is 72.8 Å². The highest BCUT2D eigenvalue weighted by Gasteiger charge is 2.20. The SMILES string of the molecule is CC[C@@H](Oc1ccccc1Cl)C(=O)Nc1cccc(C(=O)c2ccc(C(C)(C)C)cc2)c1. The molecule has 0 fully saturated rings. The van der Waals surface area contributed by atoms with Crippen LogP contribution in [0.25, 0.3) is 0 Å². The van der Waals surface area contributed by atoms with E-state index < -0.39 is 6.10 Å². The fourth-order valence-electron chi connectivity index (χ4n) is 3.27. The molecule has 1 atom stereocenters. The van der Waals surface area contributed by atoms with Crippen LogP contribution in [0.5, 0.6) is 5.75 Å². The summed E-state index contributed by atoms with van der Waals surface area (Å²) in [6.45, 7) is 8.27. The van der Waals surface area contributed by atoms with Gasteiger partial charge >= 0.3 is 0 Å². The van der Waals surface area contributed by atoms with Gasteiger partial charge in [-0.3, -0.25) is 9.59 Å². The molecule has 0 bridgehead atoms. The summed E-state index contributed by atoms with van der Waals surface area (Å²) >= 11 is 6.14. The third-order valence-corrected chi connectivity index (χ3v) is 5.49. The lowest BCUT2D eigenvalue weighted by Crippen LogP contribution is -2.32. The quantitative estimate of drug-likeness (QED) is 0.410. The Labute approximate surface area is 194 Å². The third-order valence-electron chi connectivity index (χ3n) is 5.17. The lowest BCUT2D eigenvalue weighted by molar-refractivity contribution is -0.122. The molecule has 0 aromatic heterocycles. The number of rotatable bonds is 7. The number of amides is 1. The largest absolute Gasteiger partial charge is 0.479 e. The maximum absolute atomic E-state index is 13.0. The van der Waals surface area contributed by atoms with Crippen molar-refractivity contribution >= 4 is 29.0 Å². The summed E-state index contributed by atoms with van der Waals surface area (Å²) in [6, 6.07) is 21.6. The van der Waals surface area contributed by atoms with Crippen molar-refractivity contribution in [3.05, 3.63) is 94.5 Å². The number of para-hydroxylation sites is 1. The van der Waals surface area contributed by atoms with E-state index in [-0.39, 0.29) is 17.1 Å². The molecule has 0 aliphatic rings. The molecule has 0 spiro atoms. The second kappa shape index (κ2) is 10.0. The molecule has 1 amide bonds. The fourth-order valence-corrected chi connectivity index (χ4v) is 3.45. The molecule has 3 aromatic carbocycles. The first-order valence-corrected chi connectivity index (χ1v) is 11.0. The normalized spacial score (nSPS) is 12.2. The molecular formula is C27H28ClNO3. The first-order chi connectivity index (χ1) is 15.2. The van der Waals surface area contributed by atoms with Gasteiger partial charge < -0.3 is 10.1 Å². The van der Waals surface area contributed by atoms with Crippen molar-refractivity contribution in [2.45, 2.75) is 45.6 Å². The predicted octanol–water partition coefficient (Wildman–Crippen LogP) is 6.66. The van der Waals surface area contributed by atoms with E-state index >= 15 is 0 Å². The van der Waals surface area contributed by atoms with Gasteiger partial charge in [-0.2, -0.15) is 0 Å². The number of ether oxygens (including phenoxy) is 1. The zero-order valence-electron chi connectivity index (χ0n) is 18.8. The molecule has 0 aliphatic heterocycles. The van der Waals surface area contributed by atoms with Gasteiger partial charge in [0.05, 0.1) is 5.02 Å². The van der Waals surface area contributed by atoms with Crippen molar-refractivity contribution < 1.29 is 14.3 Å². The number of anilines is 1. The maximum Gasteiger partial charge on any atom is 0.265 e. The number of nitrogens with one attached hydrogen (secondary N) is 1. The molecular weight excluding hydrogens is 422 g/mol. The zero-order chi connectivity index (χ0) is 23.3. The van der Waals surface area contributed by atoms with Crippen molar-refractivity contribution in [2.24, 2.45) is 0 Å². The van der Waals surface area contributed by atoms with Crippen LogP contribution in [-0.4, -0.2) is 17.8 Å². The van der Waals surface area contributed by atoms with Crippen LogP contribution in [0.4, 0.5) is 5.69 Å². The average Bonchev–Trinajstić information content (AvgIpc) is 2.77. The van der Waals surface area contributed by atoms with Gasteiger partial charge in [0.15, 0.2) is 11.9 Å². The molecule has 3 rings (SSSR count). The van der Waals surface area contributed by atoms with Crippen molar-refractivity contribution in [3.63, 3.8) is 0 Å². The number of carbonyl (C=O) groups is 2. The summed E-state index contributed by atoms with van der Waals surface area (Å²) in [5.41, 5.74) is 2.84. The number of ketones is 1. The highest BCUT2D eigenvalue weighted by atomic mass is 35.5. The molecule has 5 heteroatoms. The second-order valence-electron chi connectivity index (χ2n) is 8.67. The van der Waals surface area contributed by atoms with Crippen molar-refractivity contribution in [3.8, 4) is 5.75 Å². The Hall–Kier alpha value is -3.11. The number of hydrogen-bond donors (Lipinski definition) is 1. The van der Waals surface area contributed by atoms with E-state index in [1.54, 1.807) is 48.5 Å². The fraction of sp³-hybridized carbons (Fsp3) is 0.259. The molecule has 3 aromatic rings. The molecule has 0 saturated carbocycles. The van der Waals surface area contributed by atoms with Crippen LogP contribution in [0, 0.1) is 0 Å². The maximum atomic E-state index is 13.0. The van der Waals surface area contributed by atoms with Crippen LogP contribution < -0.4 is 10.1 Å². The van der Waals surface area contributed by atoms with Gasteiger partial charge in [-0.1, -0.05) is 87.8 Å². The standard InChI is InChI=1S/C27H28ClNO3/c1-5-23(32-24-12-7-6-11-22(24)28)26(31)29-21-10-8-9-19(17-21)25(30)18-13-15-20(16-14-18)27(2,3)4/h6-17,23H,5H2,1-4H3,(H,29,31)/t23-/m1/s1. The molecule has 1 N–H and O–H groups in total. The molecule has 0 saturated heterocycles. The van der Waals surface area contributed by atoms with Crippen molar-refractivity contribution in [1.82, 2.24) is 0 Å². The summed E-state index contributed by atoms with van der Waals surface area (Å²) in [4.78, 5) is 25.7. The summed E-state index contributed by atoms with van der Waals surface area (Å²) in [5.74, 6) is 0.0614. The van der Waals surface area contributed by atoms with Gasteiger partial charge in [0, 0.05) is 16.8 Å². The van der Waals surface area contributed by atoms with Crippen LogP contribution >= 0.6 is 11.6 Å². The third kappa shape index (κ3) is 5.77. The van der Waals surface area contributed by atoms with Crippen LogP contribution in [0.2, 0.25) is 5.02 Å². The Kier molecular flexibility index (Phi) is 7.37. The van der Waals surface area contributed by atoms with Gasteiger partial charge in [-0.15, -0.1) is 0 Å². The highest BCUT2D eigenvalue weighted by Crippen LogP contribution is 2.26. The Balaban J connectivity index is 1.73.